The van der Waals surface area contributed by atoms with Crippen molar-refractivity contribution in [1.29, 1.82) is 0 Å². The molecule has 4 rings (SSSR count). The average molecular weight is 435 g/mol. The molecule has 3 amide bonds. The highest BCUT2D eigenvalue weighted by Gasteiger charge is 2.44. The van der Waals surface area contributed by atoms with Crippen molar-refractivity contribution in [1.82, 2.24) is 15.5 Å². The lowest BCUT2D eigenvalue weighted by Gasteiger charge is -2.46. The van der Waals surface area contributed by atoms with E-state index in [1.807, 2.05) is 12.1 Å². The van der Waals surface area contributed by atoms with Gasteiger partial charge in [-0.1, -0.05) is 24.3 Å². The fraction of sp³-hybridized carbons (Fsp3) is 0.652. The van der Waals surface area contributed by atoms with Gasteiger partial charge in [-0.2, -0.15) is 0 Å². The Labute approximate surface area is 181 Å². The molecule has 1 saturated heterocycles. The Bertz CT molecular complexity index is 852. The van der Waals surface area contributed by atoms with Crippen LogP contribution in [0.15, 0.2) is 24.3 Å². The molecule has 31 heavy (non-hydrogen) atoms. The summed E-state index contributed by atoms with van der Waals surface area (Å²) < 4.78 is 27.5. The average Bonchev–Trinajstić information content (AvgIpc) is 3.43. The molecule has 0 bridgehead atoms. The number of likely N-dealkylation sites (tertiary alicyclic amines) is 1. The van der Waals surface area contributed by atoms with Crippen molar-refractivity contribution >= 4 is 11.9 Å². The molecular weight excluding hydrogens is 402 g/mol. The van der Waals surface area contributed by atoms with E-state index in [1.165, 1.54) is 11.1 Å². The van der Waals surface area contributed by atoms with Crippen LogP contribution in [-0.2, 0) is 16.6 Å². The van der Waals surface area contributed by atoms with E-state index in [0.29, 0.717) is 25.9 Å². The molecule has 6 nitrogen and oxygen atoms in total. The summed E-state index contributed by atoms with van der Waals surface area (Å²) in [5.74, 6) is -3.74. The molecule has 2 atom stereocenters. The van der Waals surface area contributed by atoms with Gasteiger partial charge in [-0.05, 0) is 63.0 Å². The molecule has 4 N–H and O–H groups in total. The van der Waals surface area contributed by atoms with E-state index in [4.69, 9.17) is 5.73 Å². The lowest BCUT2D eigenvalue weighted by atomic mass is 9.66. The first kappa shape index (κ1) is 22.0. The minimum atomic E-state index is -3.09. The van der Waals surface area contributed by atoms with Crippen LogP contribution in [0.3, 0.4) is 0 Å². The van der Waals surface area contributed by atoms with Crippen molar-refractivity contribution in [2.75, 3.05) is 13.1 Å². The van der Waals surface area contributed by atoms with E-state index < -0.39 is 36.0 Å². The van der Waals surface area contributed by atoms with E-state index >= 15 is 0 Å². The second kappa shape index (κ2) is 8.04. The van der Waals surface area contributed by atoms with Crippen molar-refractivity contribution in [2.24, 2.45) is 5.73 Å². The van der Waals surface area contributed by atoms with Crippen LogP contribution < -0.4 is 16.4 Å². The Balaban J connectivity index is 1.48. The SMILES string of the molecule is CC(F)(F)C[C@H](NC(=O)N1CCCC2(CCCc3ccccc32)C1)C(=O)NC1(N)CC1. The number of amides is 3. The fourth-order valence-electron chi connectivity index (χ4n) is 5.14. The number of nitrogens with one attached hydrogen (secondary N) is 2. The van der Waals surface area contributed by atoms with Gasteiger partial charge in [-0.15, -0.1) is 0 Å². The van der Waals surface area contributed by atoms with Crippen LogP contribution in [0.25, 0.3) is 0 Å². The normalized spacial score (nSPS) is 25.5. The van der Waals surface area contributed by atoms with Crippen molar-refractivity contribution in [3.05, 3.63) is 35.4 Å². The van der Waals surface area contributed by atoms with Crippen LogP contribution in [-0.4, -0.2) is 47.6 Å². The summed E-state index contributed by atoms with van der Waals surface area (Å²) in [6.07, 6.45) is 5.40. The molecule has 2 fully saturated rings. The predicted molar refractivity (Wildman–Crippen MR) is 114 cm³/mol. The number of rotatable bonds is 5. The maximum atomic E-state index is 13.7. The molecule has 1 aromatic rings. The van der Waals surface area contributed by atoms with Crippen LogP contribution in [0, 0.1) is 0 Å². The number of nitrogens with zero attached hydrogens (tertiary/aromatic N) is 1. The van der Waals surface area contributed by atoms with Gasteiger partial charge in [-0.25, -0.2) is 13.6 Å². The zero-order chi connectivity index (χ0) is 22.3. The van der Waals surface area contributed by atoms with Crippen molar-refractivity contribution in [2.45, 2.75) is 81.3 Å². The molecule has 0 aromatic heterocycles. The van der Waals surface area contributed by atoms with Gasteiger partial charge >= 0.3 is 6.03 Å². The van der Waals surface area contributed by atoms with Crippen molar-refractivity contribution in [3.8, 4) is 0 Å². The maximum absolute atomic E-state index is 13.7. The molecule has 3 aliphatic rings. The third-order valence-electron chi connectivity index (χ3n) is 6.89. The predicted octanol–water partition coefficient (Wildman–Crippen LogP) is 3.05. The Morgan fingerprint density at radius 1 is 1.19 bits per heavy atom. The summed E-state index contributed by atoms with van der Waals surface area (Å²) >= 11 is 0. The van der Waals surface area contributed by atoms with Gasteiger partial charge in [0, 0.05) is 24.9 Å². The Morgan fingerprint density at radius 2 is 1.90 bits per heavy atom. The zero-order valence-electron chi connectivity index (χ0n) is 18.1. The first-order valence-electron chi connectivity index (χ1n) is 11.2. The van der Waals surface area contributed by atoms with E-state index in [-0.39, 0.29) is 5.41 Å². The van der Waals surface area contributed by atoms with Crippen molar-refractivity contribution < 1.29 is 18.4 Å². The summed E-state index contributed by atoms with van der Waals surface area (Å²) in [6.45, 7) is 1.84. The van der Waals surface area contributed by atoms with Gasteiger partial charge in [0.05, 0.1) is 5.66 Å². The molecule has 8 heteroatoms. The highest BCUT2D eigenvalue weighted by molar-refractivity contribution is 5.87. The number of hydrogen-bond acceptors (Lipinski definition) is 3. The number of carbonyl (C=O) groups excluding carboxylic acids is 2. The highest BCUT2D eigenvalue weighted by atomic mass is 19.3. The van der Waals surface area contributed by atoms with Gasteiger partial charge in [0.1, 0.15) is 6.04 Å². The fourth-order valence-corrected chi connectivity index (χ4v) is 5.14. The van der Waals surface area contributed by atoms with Gasteiger partial charge < -0.3 is 21.3 Å². The van der Waals surface area contributed by atoms with Crippen LogP contribution in [0.1, 0.15) is 63.0 Å². The molecule has 1 aromatic carbocycles. The monoisotopic (exact) mass is 434 g/mol. The summed E-state index contributed by atoms with van der Waals surface area (Å²) in [5.41, 5.74) is 7.61. The van der Waals surface area contributed by atoms with Gasteiger partial charge in [0.2, 0.25) is 11.8 Å². The largest absolute Gasteiger partial charge is 0.336 e. The first-order chi connectivity index (χ1) is 14.6. The molecular formula is C23H32F2N4O2. The van der Waals surface area contributed by atoms with E-state index in [0.717, 1.165) is 39.0 Å². The number of benzene rings is 1. The number of halogens is 2. The minimum Gasteiger partial charge on any atom is -0.336 e. The Kier molecular flexibility index (Phi) is 5.70. The number of fused-ring (bicyclic) bond motifs is 2. The lowest BCUT2D eigenvalue weighted by Crippen LogP contribution is -2.59. The third kappa shape index (κ3) is 5.00. The van der Waals surface area contributed by atoms with Crippen LogP contribution >= 0.6 is 0 Å². The van der Waals surface area contributed by atoms with Crippen LogP contribution in [0.4, 0.5) is 13.6 Å². The molecule has 170 valence electrons. The smallest absolute Gasteiger partial charge is 0.318 e. The molecule has 2 aliphatic carbocycles. The third-order valence-corrected chi connectivity index (χ3v) is 6.89. The molecule has 1 spiro atoms. The molecule has 1 unspecified atom stereocenters. The van der Waals surface area contributed by atoms with Gasteiger partial charge in [0.25, 0.3) is 0 Å². The molecule has 1 saturated carbocycles. The van der Waals surface area contributed by atoms with E-state index in [1.54, 1.807) is 4.90 Å². The number of hydrogen-bond donors (Lipinski definition) is 3. The second-order valence-corrected chi connectivity index (χ2v) is 9.74. The van der Waals surface area contributed by atoms with Crippen LogP contribution in [0.2, 0.25) is 0 Å². The standard InChI is InChI=1S/C23H32F2N4O2/c1-21(24,25)14-18(19(30)28-23(26)11-12-23)27-20(31)29-13-5-10-22(15-29)9-4-7-16-6-2-3-8-17(16)22/h2-3,6,8,18H,4-5,7,9-15,26H2,1H3,(H,27,31)(H,28,30)/t18-,22?/m0/s1. The number of piperidine rings is 1. The topological polar surface area (TPSA) is 87.5 Å². The van der Waals surface area contributed by atoms with Gasteiger partial charge in [0.15, 0.2) is 0 Å². The highest BCUT2D eigenvalue weighted by Crippen LogP contribution is 2.43. The second-order valence-electron chi connectivity index (χ2n) is 9.74. The van der Waals surface area contributed by atoms with Crippen molar-refractivity contribution in [3.63, 3.8) is 0 Å². The summed E-state index contributed by atoms with van der Waals surface area (Å²) in [4.78, 5) is 27.4. The molecule has 1 aliphatic heterocycles. The number of aryl methyl sites for hydroxylation is 1. The zero-order valence-corrected chi connectivity index (χ0v) is 18.1. The van der Waals surface area contributed by atoms with E-state index in [2.05, 4.69) is 22.8 Å². The Morgan fingerprint density at radius 3 is 2.61 bits per heavy atom. The number of nitrogens with two attached hydrogens (primary N) is 1. The summed E-state index contributed by atoms with van der Waals surface area (Å²) in [5, 5.41) is 5.18. The summed E-state index contributed by atoms with van der Waals surface area (Å²) in [7, 11) is 0. The summed E-state index contributed by atoms with van der Waals surface area (Å²) in [6, 6.07) is 6.59. The van der Waals surface area contributed by atoms with Crippen LogP contribution in [0.5, 0.6) is 0 Å². The first-order valence-corrected chi connectivity index (χ1v) is 11.2. The number of carbonyl (C=O) groups is 2. The number of alkyl halides is 2. The minimum absolute atomic E-state index is 0.105. The number of urea groups is 1. The molecule has 0 radical (unpaired) electrons. The van der Waals surface area contributed by atoms with E-state index in [9.17, 15) is 18.4 Å². The Hall–Kier alpha value is -2.22. The molecule has 1 heterocycles. The quantitative estimate of drug-likeness (QED) is 0.623. The maximum Gasteiger partial charge on any atom is 0.318 e. The lowest BCUT2D eigenvalue weighted by molar-refractivity contribution is -0.126. The van der Waals surface area contributed by atoms with Gasteiger partial charge in [-0.3, -0.25) is 4.79 Å².